The molecular weight excluding hydrogens is 441 g/mol. The Balaban J connectivity index is 1.44. The molecule has 0 bridgehead atoms. The molecule has 0 unspecified atom stereocenters. The molecule has 1 N–H and O–H groups in total. The zero-order valence-electron chi connectivity index (χ0n) is 20.4. The summed E-state index contributed by atoms with van der Waals surface area (Å²) in [7, 11) is 3.36. The maximum Gasteiger partial charge on any atom is 0.159 e. The first-order chi connectivity index (χ1) is 17.1. The summed E-state index contributed by atoms with van der Waals surface area (Å²) < 4.78 is 26.7. The molecule has 0 spiro atoms. The predicted molar refractivity (Wildman–Crippen MR) is 136 cm³/mol. The molecule has 0 radical (unpaired) electrons. The summed E-state index contributed by atoms with van der Waals surface area (Å²) in [5.41, 5.74) is 5.04. The highest BCUT2D eigenvalue weighted by atomic mass is 19.1. The van der Waals surface area contributed by atoms with Crippen molar-refractivity contribution in [1.29, 1.82) is 0 Å². The van der Waals surface area contributed by atoms with Crippen LogP contribution in [0.2, 0.25) is 0 Å². The molecule has 0 amide bonds. The van der Waals surface area contributed by atoms with Gasteiger partial charge < -0.3 is 19.5 Å². The van der Waals surface area contributed by atoms with Gasteiger partial charge in [-0.05, 0) is 66.6 Å². The van der Waals surface area contributed by atoms with Gasteiger partial charge in [-0.15, -0.1) is 0 Å². The number of halogens is 1. The number of aromatic hydroxyl groups is 1. The molecule has 1 fully saturated rings. The molecule has 1 aliphatic heterocycles. The monoisotopic (exact) mass is 474 g/mol. The number of rotatable bonds is 6. The highest BCUT2D eigenvalue weighted by Gasteiger charge is 2.36. The maximum atomic E-state index is 15.8. The van der Waals surface area contributed by atoms with Crippen molar-refractivity contribution in [2.24, 2.45) is 11.8 Å². The minimum absolute atomic E-state index is 0.106. The van der Waals surface area contributed by atoms with Gasteiger partial charge in [0.1, 0.15) is 23.7 Å². The van der Waals surface area contributed by atoms with E-state index in [4.69, 9.17) is 9.47 Å². The fraction of sp³-hybridized carbons (Fsp3) is 0.400. The van der Waals surface area contributed by atoms with E-state index < -0.39 is 0 Å². The first-order valence-corrected chi connectivity index (χ1v) is 12.5. The number of hydrogen-bond acceptors (Lipinski definition) is 4. The number of nitrogens with zero attached hydrogens (tertiary/aromatic N) is 1. The summed E-state index contributed by atoms with van der Waals surface area (Å²) in [5.74, 6) is 0.501. The van der Waals surface area contributed by atoms with Gasteiger partial charge in [-0.1, -0.05) is 12.1 Å². The van der Waals surface area contributed by atoms with Crippen LogP contribution in [-0.2, 0) is 15.9 Å². The van der Waals surface area contributed by atoms with Crippen molar-refractivity contribution in [3.8, 4) is 5.75 Å². The number of fused-ring (bicyclic) bond motifs is 1. The van der Waals surface area contributed by atoms with Crippen LogP contribution in [0.4, 0.5) is 10.1 Å². The highest BCUT2D eigenvalue weighted by Crippen LogP contribution is 2.46. The number of phenolic OH excluding ortho intramolecular Hbond substituents is 1. The third kappa shape index (κ3) is 4.77. The molecule has 3 aliphatic rings. The van der Waals surface area contributed by atoms with Gasteiger partial charge in [0.05, 0.1) is 17.7 Å². The number of allylic oxidation sites excluding steroid dienone is 6. The van der Waals surface area contributed by atoms with Crippen LogP contribution in [0.15, 0.2) is 66.3 Å². The lowest BCUT2D eigenvalue weighted by Gasteiger charge is -2.37. The van der Waals surface area contributed by atoms with Gasteiger partial charge in [-0.25, -0.2) is 4.39 Å². The molecule has 2 aromatic rings. The van der Waals surface area contributed by atoms with Gasteiger partial charge in [0.15, 0.2) is 6.29 Å². The van der Waals surface area contributed by atoms with E-state index >= 15 is 4.39 Å². The van der Waals surface area contributed by atoms with Crippen molar-refractivity contribution in [3.05, 3.63) is 94.9 Å². The van der Waals surface area contributed by atoms with Crippen LogP contribution in [0, 0.1) is 23.7 Å². The molecule has 0 aromatic heterocycles. The predicted octanol–water partition coefficient (Wildman–Crippen LogP) is 5.92. The third-order valence-corrected chi connectivity index (χ3v) is 7.83. The molecule has 5 heteroatoms. The molecule has 0 saturated carbocycles. The summed E-state index contributed by atoms with van der Waals surface area (Å²) >= 11 is 0. The van der Waals surface area contributed by atoms with E-state index in [1.54, 1.807) is 26.4 Å². The Morgan fingerprint density at radius 3 is 2.49 bits per heavy atom. The average Bonchev–Trinajstić information content (AvgIpc) is 2.89. The number of piperidine rings is 1. The van der Waals surface area contributed by atoms with Crippen LogP contribution in [-0.4, -0.2) is 38.7 Å². The molecule has 35 heavy (non-hydrogen) atoms. The molecule has 1 heterocycles. The fourth-order valence-electron chi connectivity index (χ4n) is 6.07. The van der Waals surface area contributed by atoms with Crippen molar-refractivity contribution >= 4 is 5.69 Å². The highest BCUT2D eigenvalue weighted by molar-refractivity contribution is 5.53. The Morgan fingerprint density at radius 2 is 1.80 bits per heavy atom. The Labute approximate surface area is 207 Å². The van der Waals surface area contributed by atoms with Gasteiger partial charge >= 0.3 is 0 Å². The van der Waals surface area contributed by atoms with Gasteiger partial charge in [0, 0.05) is 56.8 Å². The smallest absolute Gasteiger partial charge is 0.159 e. The zero-order valence-corrected chi connectivity index (χ0v) is 20.4. The van der Waals surface area contributed by atoms with Gasteiger partial charge in [-0.2, -0.15) is 0 Å². The second-order valence-electron chi connectivity index (χ2n) is 9.71. The maximum absolute atomic E-state index is 15.8. The van der Waals surface area contributed by atoms with Gasteiger partial charge in [0.2, 0.25) is 0 Å². The van der Waals surface area contributed by atoms with Gasteiger partial charge in [-0.3, -0.25) is 0 Å². The summed E-state index contributed by atoms with van der Waals surface area (Å²) in [6, 6.07) is 11.3. The summed E-state index contributed by atoms with van der Waals surface area (Å²) in [6.07, 6.45) is 14.6. The number of benzene rings is 2. The van der Waals surface area contributed by atoms with Crippen molar-refractivity contribution in [1.82, 2.24) is 0 Å². The molecule has 5 rings (SSSR count). The lowest BCUT2D eigenvalue weighted by Crippen LogP contribution is -2.39. The van der Waals surface area contributed by atoms with Crippen LogP contribution in [0.25, 0.3) is 0 Å². The summed E-state index contributed by atoms with van der Waals surface area (Å²) in [6.45, 7) is 1.70. The van der Waals surface area contributed by atoms with E-state index in [2.05, 4.69) is 29.2 Å². The number of hydrogen-bond donors (Lipinski definition) is 1. The molecule has 2 aliphatic carbocycles. The SMILES string of the molecule is COC(OC)C1CCN(c2ccc([C@H]3c4ccc(O)cc4CC[C@H]3C3=CC=[C+]C=C3)c(F)c2)CC1. The van der Waals surface area contributed by atoms with Crippen LogP contribution >= 0.6 is 0 Å². The van der Waals surface area contributed by atoms with E-state index in [1.807, 2.05) is 30.4 Å². The molecule has 2 atom stereocenters. The van der Waals surface area contributed by atoms with Gasteiger partial charge in [0.25, 0.3) is 0 Å². The minimum atomic E-state index is -0.186. The van der Waals surface area contributed by atoms with Crippen molar-refractivity contribution in [2.75, 3.05) is 32.2 Å². The second kappa shape index (κ2) is 10.3. The molecule has 182 valence electrons. The first kappa shape index (κ1) is 23.7. The number of anilines is 1. The lowest BCUT2D eigenvalue weighted by atomic mass is 9.68. The number of methoxy groups -OCH3 is 2. The van der Waals surface area contributed by atoms with Crippen LogP contribution in [0.5, 0.6) is 5.75 Å². The van der Waals surface area contributed by atoms with Crippen LogP contribution in [0.1, 0.15) is 41.9 Å². The third-order valence-electron chi connectivity index (χ3n) is 7.83. The van der Waals surface area contributed by atoms with E-state index in [0.29, 0.717) is 11.5 Å². The molecular formula is C30H33FNO3+. The largest absolute Gasteiger partial charge is 0.508 e. The molecule has 1 saturated heterocycles. The Bertz CT molecular complexity index is 1140. The Morgan fingerprint density at radius 1 is 1.03 bits per heavy atom. The normalized spacial score (nSPS) is 22.2. The standard InChI is InChI=1S/C30H32FNO3/c1-34-30(35-2)21-14-16-32(17-15-21)23-9-12-27(28(31)19-23)29-25(20-6-4-3-5-7-20)11-8-22-18-24(33)10-13-26(22)29/h4-7,9-10,12-13,18-19,21,25,29-30H,8,11,14-17H2,1-2H3/p+1/t25-,29+/m0/s1. The molecule has 4 nitrogen and oxygen atoms in total. The Hall–Kier alpha value is -2.98. The van der Waals surface area contributed by atoms with E-state index in [-0.39, 0.29) is 29.7 Å². The van der Waals surface area contributed by atoms with Crippen LogP contribution < -0.4 is 4.90 Å². The fourth-order valence-corrected chi connectivity index (χ4v) is 6.07. The minimum Gasteiger partial charge on any atom is -0.508 e. The number of ether oxygens (including phenoxy) is 2. The topological polar surface area (TPSA) is 41.9 Å². The first-order valence-electron chi connectivity index (χ1n) is 12.5. The van der Waals surface area contributed by atoms with E-state index in [1.165, 1.54) is 5.57 Å². The molecule has 2 aromatic carbocycles. The summed E-state index contributed by atoms with van der Waals surface area (Å²) in [4.78, 5) is 2.25. The van der Waals surface area contributed by atoms with Crippen molar-refractivity contribution in [3.63, 3.8) is 0 Å². The second-order valence-corrected chi connectivity index (χ2v) is 9.71. The summed E-state index contributed by atoms with van der Waals surface area (Å²) in [5, 5.41) is 10.0. The average molecular weight is 475 g/mol. The lowest BCUT2D eigenvalue weighted by molar-refractivity contribution is -0.141. The van der Waals surface area contributed by atoms with Crippen LogP contribution in [0.3, 0.4) is 0 Å². The quantitative estimate of drug-likeness (QED) is 0.417. The number of aryl methyl sites for hydroxylation is 1. The Kier molecular flexibility index (Phi) is 7.01. The zero-order chi connectivity index (χ0) is 24.4. The number of phenols is 1. The van der Waals surface area contributed by atoms with E-state index in [0.717, 1.165) is 55.6 Å². The van der Waals surface area contributed by atoms with Crippen molar-refractivity contribution in [2.45, 2.75) is 37.9 Å². The van der Waals surface area contributed by atoms with Crippen molar-refractivity contribution < 1.29 is 19.0 Å². The van der Waals surface area contributed by atoms with E-state index in [9.17, 15) is 5.11 Å².